The van der Waals surface area contributed by atoms with E-state index in [4.69, 9.17) is 0 Å². The highest BCUT2D eigenvalue weighted by Crippen LogP contribution is 2.24. The van der Waals surface area contributed by atoms with E-state index in [1.54, 1.807) is 0 Å². The molecule has 20 heavy (non-hydrogen) atoms. The molecule has 1 N–H and O–H groups in total. The summed E-state index contributed by atoms with van der Waals surface area (Å²) in [6, 6.07) is 11.9. The summed E-state index contributed by atoms with van der Waals surface area (Å²) in [4.78, 5) is 0. The van der Waals surface area contributed by atoms with Gasteiger partial charge in [0.15, 0.2) is 0 Å². The minimum atomic E-state index is -0.227. The highest BCUT2D eigenvalue weighted by molar-refractivity contribution is 9.10. The van der Waals surface area contributed by atoms with Crippen molar-refractivity contribution < 1.29 is 4.39 Å². The predicted octanol–water partition coefficient (Wildman–Crippen LogP) is 4.71. The van der Waals surface area contributed by atoms with Crippen LogP contribution in [0.4, 0.5) is 4.39 Å². The summed E-state index contributed by atoms with van der Waals surface area (Å²) in [5, 5.41) is 3.31. The molecule has 0 aliphatic carbocycles. The maximum Gasteiger partial charge on any atom is 0.137 e. The van der Waals surface area contributed by atoms with Gasteiger partial charge in [-0.3, -0.25) is 0 Å². The van der Waals surface area contributed by atoms with E-state index < -0.39 is 0 Å². The molecule has 106 valence electrons. The van der Waals surface area contributed by atoms with Gasteiger partial charge in [0.25, 0.3) is 0 Å². The zero-order valence-electron chi connectivity index (χ0n) is 12.0. The lowest BCUT2D eigenvalue weighted by Crippen LogP contribution is -2.19. The molecule has 1 atom stereocenters. The molecule has 0 saturated carbocycles. The normalized spacial score (nSPS) is 12.4. The zero-order valence-corrected chi connectivity index (χ0v) is 13.6. The van der Waals surface area contributed by atoms with Gasteiger partial charge in [-0.1, -0.05) is 35.4 Å². The van der Waals surface area contributed by atoms with E-state index in [0.29, 0.717) is 4.47 Å². The van der Waals surface area contributed by atoms with Crippen LogP contribution in [0.3, 0.4) is 0 Å². The lowest BCUT2D eigenvalue weighted by atomic mass is 9.96. The fourth-order valence-electron chi connectivity index (χ4n) is 2.54. The van der Waals surface area contributed by atoms with E-state index in [1.165, 1.54) is 22.8 Å². The number of rotatable bonds is 4. The summed E-state index contributed by atoms with van der Waals surface area (Å²) in [7, 11) is 1.94. The van der Waals surface area contributed by atoms with Crippen LogP contribution >= 0.6 is 15.9 Å². The second-order valence-electron chi connectivity index (χ2n) is 5.21. The number of halogens is 2. The topological polar surface area (TPSA) is 12.0 Å². The molecule has 0 amide bonds. The molecule has 0 bridgehead atoms. The van der Waals surface area contributed by atoms with Crippen molar-refractivity contribution in [1.82, 2.24) is 5.32 Å². The fourth-order valence-corrected chi connectivity index (χ4v) is 2.93. The molecule has 0 aliphatic rings. The Morgan fingerprint density at radius 1 is 1.10 bits per heavy atom. The summed E-state index contributed by atoms with van der Waals surface area (Å²) in [6.45, 7) is 4.22. The number of nitrogens with one attached hydrogen (secondary N) is 1. The molecule has 0 aliphatic heterocycles. The molecular formula is C17H19BrFN. The molecule has 0 spiro atoms. The lowest BCUT2D eigenvalue weighted by molar-refractivity contribution is 0.583. The van der Waals surface area contributed by atoms with Crippen LogP contribution < -0.4 is 5.32 Å². The van der Waals surface area contributed by atoms with Gasteiger partial charge in [0, 0.05) is 6.04 Å². The zero-order chi connectivity index (χ0) is 14.7. The Bertz CT molecular complexity index is 590. The van der Waals surface area contributed by atoms with Gasteiger partial charge in [-0.05, 0) is 66.5 Å². The number of hydrogen-bond acceptors (Lipinski definition) is 1. The molecule has 3 heteroatoms. The van der Waals surface area contributed by atoms with Crippen molar-refractivity contribution in [2.24, 2.45) is 0 Å². The molecule has 0 fully saturated rings. The van der Waals surface area contributed by atoms with Crippen LogP contribution in [-0.2, 0) is 6.42 Å². The van der Waals surface area contributed by atoms with E-state index in [1.807, 2.05) is 19.2 Å². The molecule has 1 unspecified atom stereocenters. The second kappa shape index (κ2) is 6.51. The first-order valence-corrected chi connectivity index (χ1v) is 7.48. The Morgan fingerprint density at radius 2 is 1.75 bits per heavy atom. The average Bonchev–Trinajstić information content (AvgIpc) is 2.38. The van der Waals surface area contributed by atoms with Crippen molar-refractivity contribution in [3.05, 3.63) is 68.9 Å². The number of likely N-dealkylation sites (N-methyl/N-ethyl adjacent to an activating group) is 1. The highest BCUT2D eigenvalue weighted by Gasteiger charge is 2.12. The van der Waals surface area contributed by atoms with Crippen LogP contribution in [0.25, 0.3) is 0 Å². The van der Waals surface area contributed by atoms with Crippen LogP contribution in [0.1, 0.15) is 28.3 Å². The molecule has 0 heterocycles. The van der Waals surface area contributed by atoms with E-state index in [-0.39, 0.29) is 11.9 Å². The Labute approximate surface area is 128 Å². The van der Waals surface area contributed by atoms with Crippen LogP contribution in [0.15, 0.2) is 40.9 Å². The first kappa shape index (κ1) is 15.2. The number of hydrogen-bond donors (Lipinski definition) is 1. The minimum absolute atomic E-state index is 0.174. The van der Waals surface area contributed by atoms with Crippen molar-refractivity contribution >= 4 is 15.9 Å². The largest absolute Gasteiger partial charge is 0.313 e. The maximum absolute atomic E-state index is 13.3. The summed E-state index contributed by atoms with van der Waals surface area (Å²) >= 11 is 3.25. The third-order valence-electron chi connectivity index (χ3n) is 3.42. The first-order valence-electron chi connectivity index (χ1n) is 6.69. The molecule has 2 aromatic carbocycles. The monoisotopic (exact) mass is 335 g/mol. The van der Waals surface area contributed by atoms with Gasteiger partial charge >= 0.3 is 0 Å². The Hall–Kier alpha value is -1.19. The summed E-state index contributed by atoms with van der Waals surface area (Å²) in [5.41, 5.74) is 4.92. The van der Waals surface area contributed by atoms with Crippen molar-refractivity contribution in [3.63, 3.8) is 0 Å². The van der Waals surface area contributed by atoms with Crippen LogP contribution in [0.2, 0.25) is 0 Å². The van der Waals surface area contributed by atoms with Gasteiger partial charge in [0.05, 0.1) is 4.47 Å². The highest BCUT2D eigenvalue weighted by atomic mass is 79.9. The van der Waals surface area contributed by atoms with E-state index >= 15 is 0 Å². The third-order valence-corrected chi connectivity index (χ3v) is 4.02. The summed E-state index contributed by atoms with van der Waals surface area (Å²) in [5.74, 6) is -0.227. The van der Waals surface area contributed by atoms with Gasteiger partial charge in [0.2, 0.25) is 0 Å². The molecule has 2 aromatic rings. The first-order chi connectivity index (χ1) is 9.49. The Balaban J connectivity index is 2.26. The average molecular weight is 336 g/mol. The SMILES string of the molecule is CNC(Cc1cc(C)cc(C)c1)c1ccc(F)c(Br)c1. The van der Waals surface area contributed by atoms with E-state index in [2.05, 4.69) is 53.3 Å². The Kier molecular flexibility index (Phi) is 4.95. The standard InChI is InChI=1S/C17H19BrFN/c1-11-6-12(2)8-13(7-11)9-17(20-3)14-4-5-16(19)15(18)10-14/h4-8,10,17,20H,9H2,1-3H3. The van der Waals surface area contributed by atoms with Crippen molar-refractivity contribution in [2.45, 2.75) is 26.3 Å². The molecule has 1 nitrogen and oxygen atoms in total. The molecule has 0 aromatic heterocycles. The van der Waals surface area contributed by atoms with Crippen molar-refractivity contribution in [2.75, 3.05) is 7.05 Å². The lowest BCUT2D eigenvalue weighted by Gasteiger charge is -2.18. The van der Waals surface area contributed by atoms with E-state index in [0.717, 1.165) is 12.0 Å². The van der Waals surface area contributed by atoms with Gasteiger partial charge < -0.3 is 5.32 Å². The van der Waals surface area contributed by atoms with Crippen molar-refractivity contribution in [3.8, 4) is 0 Å². The van der Waals surface area contributed by atoms with Crippen LogP contribution in [0, 0.1) is 19.7 Å². The van der Waals surface area contributed by atoms with Gasteiger partial charge in [-0.25, -0.2) is 4.39 Å². The Morgan fingerprint density at radius 3 is 2.30 bits per heavy atom. The molecule has 0 radical (unpaired) electrons. The van der Waals surface area contributed by atoms with Crippen molar-refractivity contribution in [1.29, 1.82) is 0 Å². The van der Waals surface area contributed by atoms with Gasteiger partial charge in [0.1, 0.15) is 5.82 Å². The minimum Gasteiger partial charge on any atom is -0.313 e. The maximum atomic E-state index is 13.3. The number of aryl methyl sites for hydroxylation is 2. The smallest absolute Gasteiger partial charge is 0.137 e. The molecule has 0 saturated heterocycles. The molecule has 2 rings (SSSR count). The van der Waals surface area contributed by atoms with Gasteiger partial charge in [-0.15, -0.1) is 0 Å². The summed E-state index contributed by atoms with van der Waals surface area (Å²) in [6.07, 6.45) is 0.886. The number of benzene rings is 2. The molecular weight excluding hydrogens is 317 g/mol. The second-order valence-corrected chi connectivity index (χ2v) is 6.07. The van der Waals surface area contributed by atoms with Gasteiger partial charge in [-0.2, -0.15) is 0 Å². The third kappa shape index (κ3) is 3.68. The fraction of sp³-hybridized carbons (Fsp3) is 0.294. The van der Waals surface area contributed by atoms with Crippen LogP contribution in [-0.4, -0.2) is 7.05 Å². The quantitative estimate of drug-likeness (QED) is 0.853. The van der Waals surface area contributed by atoms with Crippen LogP contribution in [0.5, 0.6) is 0 Å². The van der Waals surface area contributed by atoms with E-state index in [9.17, 15) is 4.39 Å². The summed E-state index contributed by atoms with van der Waals surface area (Å²) < 4.78 is 13.8. The predicted molar refractivity (Wildman–Crippen MR) is 85.5 cm³/mol.